The minimum atomic E-state index is 0.108. The van der Waals surface area contributed by atoms with Crippen molar-refractivity contribution in [2.75, 3.05) is 26.3 Å². The molecule has 13 heavy (non-hydrogen) atoms. The molecule has 0 atom stereocenters. The van der Waals surface area contributed by atoms with Crippen LogP contribution in [0.15, 0.2) is 12.2 Å². The summed E-state index contributed by atoms with van der Waals surface area (Å²) in [6.07, 6.45) is 3.59. The third-order valence-electron chi connectivity index (χ3n) is 1.95. The molecule has 0 aromatic rings. The predicted molar refractivity (Wildman–Crippen MR) is 51.4 cm³/mol. The number of carbonyl (C=O) groups excluding carboxylic acids is 1. The summed E-state index contributed by atoms with van der Waals surface area (Å²) in [5, 5.41) is 0. The summed E-state index contributed by atoms with van der Waals surface area (Å²) in [5.41, 5.74) is 0. The van der Waals surface area contributed by atoms with E-state index < -0.39 is 0 Å². The highest BCUT2D eigenvalue weighted by Gasteiger charge is 2.13. The Hall–Kier alpha value is -0.830. The molecule has 0 spiro atoms. The lowest BCUT2D eigenvalue weighted by molar-refractivity contribution is -0.130. The smallest absolute Gasteiger partial charge is 0.246 e. The minimum absolute atomic E-state index is 0.108. The second-order valence-corrected chi connectivity index (χ2v) is 3.54. The van der Waals surface area contributed by atoms with Crippen LogP contribution >= 0.6 is 0 Å². The van der Waals surface area contributed by atoms with E-state index in [9.17, 15) is 4.79 Å². The summed E-state index contributed by atoms with van der Waals surface area (Å²) < 4.78 is 5.16. The molecule has 3 nitrogen and oxygen atoms in total. The molecular formula is C10H17NO2. The van der Waals surface area contributed by atoms with Gasteiger partial charge in [0.05, 0.1) is 13.2 Å². The summed E-state index contributed by atoms with van der Waals surface area (Å²) >= 11 is 0. The highest BCUT2D eigenvalue weighted by atomic mass is 16.5. The predicted octanol–water partition coefficient (Wildman–Crippen LogP) is 1.06. The Morgan fingerprint density at radius 1 is 1.38 bits per heavy atom. The van der Waals surface area contributed by atoms with Gasteiger partial charge in [0.25, 0.3) is 0 Å². The van der Waals surface area contributed by atoms with Gasteiger partial charge in [0, 0.05) is 13.1 Å². The molecule has 1 aliphatic rings. The zero-order chi connectivity index (χ0) is 9.68. The molecule has 74 valence electrons. The van der Waals surface area contributed by atoms with E-state index in [2.05, 4.69) is 13.8 Å². The zero-order valence-electron chi connectivity index (χ0n) is 8.32. The number of morpholine rings is 1. The highest BCUT2D eigenvalue weighted by Crippen LogP contribution is 2.00. The standard InChI is InChI=1S/C10H17NO2/c1-9(2)3-4-10(12)11-5-7-13-8-6-11/h3-4,9H,5-8H2,1-2H3/b4-3+. The molecule has 1 saturated heterocycles. The fourth-order valence-electron chi connectivity index (χ4n) is 1.16. The van der Waals surface area contributed by atoms with Gasteiger partial charge in [-0.05, 0) is 12.0 Å². The maximum Gasteiger partial charge on any atom is 0.246 e. The molecule has 0 aliphatic carbocycles. The van der Waals surface area contributed by atoms with Gasteiger partial charge < -0.3 is 9.64 Å². The van der Waals surface area contributed by atoms with E-state index in [0.29, 0.717) is 19.1 Å². The van der Waals surface area contributed by atoms with Gasteiger partial charge in [-0.15, -0.1) is 0 Å². The Bertz CT molecular complexity index is 193. The second kappa shape index (κ2) is 5.02. The molecule has 1 amide bonds. The molecule has 0 radical (unpaired) electrons. The maximum atomic E-state index is 11.5. The van der Waals surface area contributed by atoms with Gasteiger partial charge in [-0.3, -0.25) is 4.79 Å². The van der Waals surface area contributed by atoms with Crippen molar-refractivity contribution >= 4 is 5.91 Å². The summed E-state index contributed by atoms with van der Waals surface area (Å²) in [5.74, 6) is 0.544. The van der Waals surface area contributed by atoms with Crippen LogP contribution in [-0.4, -0.2) is 37.1 Å². The monoisotopic (exact) mass is 183 g/mol. The van der Waals surface area contributed by atoms with E-state index in [1.807, 2.05) is 11.0 Å². The van der Waals surface area contributed by atoms with Crippen LogP contribution in [0.3, 0.4) is 0 Å². The van der Waals surface area contributed by atoms with E-state index in [4.69, 9.17) is 4.74 Å². The number of amides is 1. The lowest BCUT2D eigenvalue weighted by atomic mass is 10.2. The number of carbonyl (C=O) groups is 1. The summed E-state index contributed by atoms with van der Waals surface area (Å²) in [7, 11) is 0. The van der Waals surface area contributed by atoms with E-state index >= 15 is 0 Å². The maximum absolute atomic E-state index is 11.5. The Kier molecular flexibility index (Phi) is 3.96. The lowest BCUT2D eigenvalue weighted by Crippen LogP contribution is -2.39. The van der Waals surface area contributed by atoms with E-state index in [0.717, 1.165) is 13.1 Å². The van der Waals surface area contributed by atoms with E-state index in [1.165, 1.54) is 0 Å². The fourth-order valence-corrected chi connectivity index (χ4v) is 1.16. The number of hydrogen-bond donors (Lipinski definition) is 0. The van der Waals surface area contributed by atoms with Crippen LogP contribution < -0.4 is 0 Å². The SMILES string of the molecule is CC(C)/C=C/C(=O)N1CCOCC1. The third-order valence-corrected chi connectivity index (χ3v) is 1.95. The molecule has 0 bridgehead atoms. The fraction of sp³-hybridized carbons (Fsp3) is 0.700. The van der Waals surface area contributed by atoms with Gasteiger partial charge >= 0.3 is 0 Å². The summed E-state index contributed by atoms with van der Waals surface area (Å²) in [6, 6.07) is 0. The van der Waals surface area contributed by atoms with Crippen molar-refractivity contribution in [1.29, 1.82) is 0 Å². The quantitative estimate of drug-likeness (QED) is 0.599. The molecule has 1 aliphatic heterocycles. The van der Waals surface area contributed by atoms with Crippen molar-refractivity contribution in [3.63, 3.8) is 0 Å². The molecule has 0 unspecified atom stereocenters. The Morgan fingerprint density at radius 3 is 2.54 bits per heavy atom. The number of rotatable bonds is 2. The van der Waals surface area contributed by atoms with Crippen LogP contribution in [0.25, 0.3) is 0 Å². The largest absolute Gasteiger partial charge is 0.378 e. The van der Waals surface area contributed by atoms with Crippen LogP contribution in [0.4, 0.5) is 0 Å². The normalized spacial score (nSPS) is 18.5. The highest BCUT2D eigenvalue weighted by molar-refractivity contribution is 5.87. The molecule has 0 aromatic heterocycles. The summed E-state index contributed by atoms with van der Waals surface area (Å²) in [4.78, 5) is 13.3. The van der Waals surface area contributed by atoms with Crippen LogP contribution in [0.1, 0.15) is 13.8 Å². The van der Waals surface area contributed by atoms with Gasteiger partial charge in [0.2, 0.25) is 5.91 Å². The molecule has 1 rings (SSSR count). The topological polar surface area (TPSA) is 29.5 Å². The average molecular weight is 183 g/mol. The number of allylic oxidation sites excluding steroid dienone is 1. The number of ether oxygens (including phenoxy) is 1. The zero-order valence-corrected chi connectivity index (χ0v) is 8.32. The van der Waals surface area contributed by atoms with Crippen molar-refractivity contribution in [3.05, 3.63) is 12.2 Å². The first kappa shape index (κ1) is 10.3. The van der Waals surface area contributed by atoms with Crippen LogP contribution in [0.2, 0.25) is 0 Å². The van der Waals surface area contributed by atoms with E-state index in [1.54, 1.807) is 6.08 Å². The minimum Gasteiger partial charge on any atom is -0.378 e. The third kappa shape index (κ3) is 3.59. The van der Waals surface area contributed by atoms with Gasteiger partial charge in [0.15, 0.2) is 0 Å². The van der Waals surface area contributed by atoms with Gasteiger partial charge in [-0.2, -0.15) is 0 Å². The van der Waals surface area contributed by atoms with Crippen LogP contribution in [0.5, 0.6) is 0 Å². The average Bonchev–Trinajstić information content (AvgIpc) is 2.15. The summed E-state index contributed by atoms with van der Waals surface area (Å²) in [6.45, 7) is 6.90. The molecule has 1 fully saturated rings. The van der Waals surface area contributed by atoms with Crippen LogP contribution in [-0.2, 0) is 9.53 Å². The van der Waals surface area contributed by atoms with Crippen molar-refractivity contribution in [1.82, 2.24) is 4.90 Å². The van der Waals surface area contributed by atoms with Crippen molar-refractivity contribution < 1.29 is 9.53 Å². The molecule has 0 aromatic carbocycles. The number of hydrogen-bond acceptors (Lipinski definition) is 2. The molecular weight excluding hydrogens is 166 g/mol. The molecule has 3 heteroatoms. The first-order chi connectivity index (χ1) is 6.20. The Morgan fingerprint density at radius 2 is 2.00 bits per heavy atom. The van der Waals surface area contributed by atoms with Crippen molar-refractivity contribution in [2.45, 2.75) is 13.8 Å². The van der Waals surface area contributed by atoms with Crippen molar-refractivity contribution in [2.24, 2.45) is 5.92 Å². The van der Waals surface area contributed by atoms with Gasteiger partial charge in [-0.25, -0.2) is 0 Å². The first-order valence-electron chi connectivity index (χ1n) is 4.75. The molecule has 0 N–H and O–H groups in total. The lowest BCUT2D eigenvalue weighted by Gasteiger charge is -2.25. The van der Waals surface area contributed by atoms with Gasteiger partial charge in [0.1, 0.15) is 0 Å². The first-order valence-corrected chi connectivity index (χ1v) is 4.75. The van der Waals surface area contributed by atoms with Crippen LogP contribution in [0, 0.1) is 5.92 Å². The molecule has 0 saturated carbocycles. The van der Waals surface area contributed by atoms with Gasteiger partial charge in [-0.1, -0.05) is 19.9 Å². The van der Waals surface area contributed by atoms with E-state index in [-0.39, 0.29) is 5.91 Å². The molecule has 1 heterocycles. The number of nitrogens with zero attached hydrogens (tertiary/aromatic N) is 1. The Balaban J connectivity index is 2.37. The Labute approximate surface area is 79.4 Å². The van der Waals surface area contributed by atoms with Crippen molar-refractivity contribution in [3.8, 4) is 0 Å². The second-order valence-electron chi connectivity index (χ2n) is 3.54.